The molecule has 0 bridgehead atoms. The van der Waals surface area contributed by atoms with Crippen molar-refractivity contribution < 1.29 is 9.26 Å². The quantitative estimate of drug-likeness (QED) is 0.657. The number of ether oxygens (including phenoxy) is 1. The highest BCUT2D eigenvalue weighted by atomic mass is 32.2. The second-order valence-corrected chi connectivity index (χ2v) is 5.18. The molecule has 1 rings (SSSR count). The van der Waals surface area contributed by atoms with Crippen molar-refractivity contribution in [3.05, 3.63) is 11.7 Å². The van der Waals surface area contributed by atoms with Crippen LogP contribution in [0.1, 0.15) is 32.0 Å². The van der Waals surface area contributed by atoms with Gasteiger partial charge in [0.1, 0.15) is 0 Å². The molecule has 18 heavy (non-hydrogen) atoms. The topological polar surface area (TPSA) is 60.2 Å². The lowest BCUT2D eigenvalue weighted by molar-refractivity contribution is 0.162. The maximum atomic E-state index is 5.25. The smallest absolute Gasteiger partial charge is 0.228 e. The maximum absolute atomic E-state index is 5.25. The molecule has 0 saturated carbocycles. The minimum atomic E-state index is 0.233. The van der Waals surface area contributed by atoms with Gasteiger partial charge in [-0.25, -0.2) is 0 Å². The Hall–Kier alpha value is -0.590. The summed E-state index contributed by atoms with van der Waals surface area (Å²) in [5.74, 6) is 3.43. The van der Waals surface area contributed by atoms with E-state index in [1.165, 1.54) is 6.42 Å². The lowest BCUT2D eigenvalue weighted by Crippen LogP contribution is -2.35. The minimum Gasteiger partial charge on any atom is -0.383 e. The Morgan fingerprint density at radius 3 is 2.94 bits per heavy atom. The highest BCUT2D eigenvalue weighted by Gasteiger charge is 2.13. The molecule has 104 valence electrons. The van der Waals surface area contributed by atoms with Crippen LogP contribution in [0.5, 0.6) is 0 Å². The largest absolute Gasteiger partial charge is 0.383 e. The molecule has 1 aromatic rings. The van der Waals surface area contributed by atoms with Gasteiger partial charge in [0.2, 0.25) is 5.89 Å². The molecule has 1 atom stereocenters. The predicted octanol–water partition coefficient (Wildman–Crippen LogP) is 1.88. The van der Waals surface area contributed by atoms with E-state index in [0.29, 0.717) is 18.9 Å². The summed E-state index contributed by atoms with van der Waals surface area (Å²) < 4.78 is 10.4. The van der Waals surface area contributed by atoms with Gasteiger partial charge in [0.15, 0.2) is 5.82 Å². The molecule has 6 heteroatoms. The van der Waals surface area contributed by atoms with Crippen molar-refractivity contribution in [2.45, 2.75) is 38.5 Å². The van der Waals surface area contributed by atoms with Gasteiger partial charge in [0.25, 0.3) is 0 Å². The van der Waals surface area contributed by atoms with Crippen molar-refractivity contribution in [3.8, 4) is 0 Å². The number of thioether (sulfide) groups is 1. The Kier molecular flexibility index (Phi) is 8.04. The normalized spacial score (nSPS) is 12.8. The van der Waals surface area contributed by atoms with E-state index < -0.39 is 0 Å². The number of rotatable bonds is 10. The molecule has 1 N–H and O–H groups in total. The van der Waals surface area contributed by atoms with E-state index in [1.807, 2.05) is 11.8 Å². The van der Waals surface area contributed by atoms with Gasteiger partial charge >= 0.3 is 0 Å². The van der Waals surface area contributed by atoms with E-state index in [2.05, 4.69) is 29.3 Å². The van der Waals surface area contributed by atoms with Crippen LogP contribution in [0.4, 0.5) is 0 Å². The number of hydrogen-bond donors (Lipinski definition) is 1. The first kappa shape index (κ1) is 15.5. The zero-order valence-corrected chi connectivity index (χ0v) is 12.3. The first-order valence-electron chi connectivity index (χ1n) is 6.41. The Labute approximate surface area is 113 Å². The molecule has 5 nitrogen and oxygen atoms in total. The zero-order valence-electron chi connectivity index (χ0n) is 11.4. The summed E-state index contributed by atoms with van der Waals surface area (Å²) >= 11 is 1.83. The second kappa shape index (κ2) is 9.35. The fraction of sp³-hybridized carbons (Fsp3) is 0.833. The van der Waals surface area contributed by atoms with Crippen molar-refractivity contribution in [3.63, 3.8) is 0 Å². The summed E-state index contributed by atoms with van der Waals surface area (Å²) in [7, 11) is 1.70. The third-order valence-electron chi connectivity index (χ3n) is 2.37. The predicted molar refractivity (Wildman–Crippen MR) is 73.8 cm³/mol. The van der Waals surface area contributed by atoms with Crippen LogP contribution in [0.3, 0.4) is 0 Å². The summed E-state index contributed by atoms with van der Waals surface area (Å²) in [6.45, 7) is 5.79. The molecule has 0 aliphatic carbocycles. The van der Waals surface area contributed by atoms with Gasteiger partial charge in [-0.05, 0) is 18.7 Å². The summed E-state index contributed by atoms with van der Waals surface area (Å²) in [4.78, 5) is 4.39. The molecule has 0 amide bonds. The molecule has 0 radical (unpaired) electrons. The molecule has 0 fully saturated rings. The van der Waals surface area contributed by atoms with E-state index in [-0.39, 0.29) is 6.04 Å². The van der Waals surface area contributed by atoms with Crippen molar-refractivity contribution in [1.82, 2.24) is 15.5 Å². The number of nitrogens with zero attached hydrogens (tertiary/aromatic N) is 2. The Morgan fingerprint density at radius 1 is 1.44 bits per heavy atom. The van der Waals surface area contributed by atoms with Gasteiger partial charge in [0.05, 0.1) is 12.4 Å². The van der Waals surface area contributed by atoms with Crippen LogP contribution >= 0.6 is 11.8 Å². The standard InChI is InChI=1S/C12H23N3O2S/c1-4-6-18-9-11-14-12(17-15-11)7-10(8-16-3)13-5-2/h10,13H,4-9H2,1-3H3. The lowest BCUT2D eigenvalue weighted by Gasteiger charge is -2.14. The van der Waals surface area contributed by atoms with Crippen LogP contribution < -0.4 is 5.32 Å². The molecule has 1 heterocycles. The monoisotopic (exact) mass is 273 g/mol. The average molecular weight is 273 g/mol. The molecule has 0 aromatic carbocycles. The minimum absolute atomic E-state index is 0.233. The highest BCUT2D eigenvalue weighted by molar-refractivity contribution is 7.98. The number of hydrogen-bond acceptors (Lipinski definition) is 6. The van der Waals surface area contributed by atoms with Crippen LogP contribution in [-0.4, -0.2) is 42.2 Å². The van der Waals surface area contributed by atoms with Gasteiger partial charge < -0.3 is 14.6 Å². The summed E-state index contributed by atoms with van der Waals surface area (Å²) in [5, 5.41) is 7.32. The molecule has 0 aliphatic heterocycles. The van der Waals surface area contributed by atoms with Crippen molar-refractivity contribution >= 4 is 11.8 Å². The van der Waals surface area contributed by atoms with Gasteiger partial charge in [-0.1, -0.05) is 19.0 Å². The van der Waals surface area contributed by atoms with Gasteiger partial charge in [0, 0.05) is 19.6 Å². The van der Waals surface area contributed by atoms with Crippen molar-refractivity contribution in [2.75, 3.05) is 26.0 Å². The van der Waals surface area contributed by atoms with Crippen LogP contribution in [0.15, 0.2) is 4.52 Å². The zero-order chi connectivity index (χ0) is 13.2. The molecule has 1 aromatic heterocycles. The fourth-order valence-corrected chi connectivity index (χ4v) is 2.36. The van der Waals surface area contributed by atoms with Crippen LogP contribution in [0, 0.1) is 0 Å². The second-order valence-electron chi connectivity index (χ2n) is 4.07. The van der Waals surface area contributed by atoms with Crippen molar-refractivity contribution in [1.29, 1.82) is 0 Å². The Bertz CT molecular complexity index is 314. The molecular weight excluding hydrogens is 250 g/mol. The fourth-order valence-electron chi connectivity index (χ4n) is 1.63. The van der Waals surface area contributed by atoms with E-state index in [9.17, 15) is 0 Å². The first-order chi connectivity index (χ1) is 8.80. The average Bonchev–Trinajstić information content (AvgIpc) is 2.78. The molecule has 0 saturated heterocycles. The van der Waals surface area contributed by atoms with Crippen LogP contribution in [-0.2, 0) is 16.9 Å². The lowest BCUT2D eigenvalue weighted by atomic mass is 10.2. The molecular formula is C12H23N3O2S. The van der Waals surface area contributed by atoms with Gasteiger partial charge in [-0.2, -0.15) is 16.7 Å². The summed E-state index contributed by atoms with van der Waals surface area (Å²) in [5.41, 5.74) is 0. The van der Waals surface area contributed by atoms with Crippen LogP contribution in [0.2, 0.25) is 0 Å². The summed E-state index contributed by atoms with van der Waals surface area (Å²) in [6, 6.07) is 0.233. The van der Waals surface area contributed by atoms with E-state index in [1.54, 1.807) is 7.11 Å². The van der Waals surface area contributed by atoms with Gasteiger partial charge in [-0.15, -0.1) is 0 Å². The number of likely N-dealkylation sites (N-methyl/N-ethyl adjacent to an activating group) is 1. The Balaban J connectivity index is 2.40. The molecule has 0 spiro atoms. The Morgan fingerprint density at radius 2 is 2.28 bits per heavy atom. The van der Waals surface area contributed by atoms with Crippen molar-refractivity contribution in [2.24, 2.45) is 0 Å². The third-order valence-corrected chi connectivity index (χ3v) is 3.53. The van der Waals surface area contributed by atoms with E-state index >= 15 is 0 Å². The maximum Gasteiger partial charge on any atom is 0.228 e. The highest BCUT2D eigenvalue weighted by Crippen LogP contribution is 2.11. The SMILES string of the molecule is CCCSCc1noc(CC(COC)NCC)n1. The number of nitrogens with one attached hydrogen (secondary N) is 1. The molecule has 1 unspecified atom stereocenters. The van der Waals surface area contributed by atoms with E-state index in [4.69, 9.17) is 9.26 Å². The van der Waals surface area contributed by atoms with Crippen LogP contribution in [0.25, 0.3) is 0 Å². The molecule has 0 aliphatic rings. The number of aromatic nitrogens is 2. The van der Waals surface area contributed by atoms with E-state index in [0.717, 1.165) is 23.9 Å². The van der Waals surface area contributed by atoms with Gasteiger partial charge in [-0.3, -0.25) is 0 Å². The summed E-state index contributed by atoms with van der Waals surface area (Å²) in [6.07, 6.45) is 1.89. The first-order valence-corrected chi connectivity index (χ1v) is 7.57. The third kappa shape index (κ3) is 5.84. The number of methoxy groups -OCH3 is 1.